The van der Waals surface area contributed by atoms with Crippen LogP contribution in [0.2, 0.25) is 5.02 Å². The second kappa shape index (κ2) is 10.8. The maximum absolute atomic E-state index is 6.25. The molecule has 0 fully saturated rings. The minimum atomic E-state index is 0.150. The molecule has 0 saturated carbocycles. The summed E-state index contributed by atoms with van der Waals surface area (Å²) in [4.78, 5) is 2.58. The zero-order valence-corrected chi connectivity index (χ0v) is 22.2. The van der Waals surface area contributed by atoms with E-state index in [0.717, 1.165) is 30.8 Å². The molecule has 2 nitrogen and oxygen atoms in total. The molecule has 0 aromatic heterocycles. The summed E-state index contributed by atoms with van der Waals surface area (Å²) in [7, 11) is 0. The van der Waals surface area contributed by atoms with Crippen LogP contribution in [0.15, 0.2) is 91.0 Å². The normalized spacial score (nSPS) is 15.4. The number of hydrogen-bond acceptors (Lipinski definition) is 2. The van der Waals surface area contributed by atoms with Crippen molar-refractivity contribution in [2.45, 2.75) is 52.1 Å². The van der Waals surface area contributed by atoms with E-state index in [1.54, 1.807) is 0 Å². The van der Waals surface area contributed by atoms with E-state index >= 15 is 0 Å². The first kappa shape index (κ1) is 24.5. The van der Waals surface area contributed by atoms with Crippen LogP contribution in [-0.2, 0) is 6.42 Å². The molecule has 36 heavy (non-hydrogen) atoms. The van der Waals surface area contributed by atoms with Crippen LogP contribution in [0.1, 0.15) is 59.1 Å². The molecule has 2 unspecified atom stereocenters. The van der Waals surface area contributed by atoms with Crippen LogP contribution in [0.5, 0.6) is 0 Å². The summed E-state index contributed by atoms with van der Waals surface area (Å²) in [5.74, 6) is 0.150. The maximum Gasteiger partial charge on any atom is 0.0991 e. The summed E-state index contributed by atoms with van der Waals surface area (Å²) in [5, 5.41) is 4.57. The average molecular weight is 495 g/mol. The van der Waals surface area contributed by atoms with E-state index in [-0.39, 0.29) is 5.92 Å². The SMILES string of the molecule is CCCC1Nc2ccc(C(c3ccc(C)cc3)c3ccc(Cl)cc3)cc2N1CCc1ccc(C)cc1. The molecule has 1 heterocycles. The first-order valence-electron chi connectivity index (χ1n) is 13.1. The van der Waals surface area contributed by atoms with Crippen molar-refractivity contribution in [3.8, 4) is 0 Å². The summed E-state index contributed by atoms with van der Waals surface area (Å²) in [6.07, 6.45) is 3.64. The first-order chi connectivity index (χ1) is 17.5. The van der Waals surface area contributed by atoms with Gasteiger partial charge in [0.1, 0.15) is 0 Å². The molecule has 0 spiro atoms. The van der Waals surface area contributed by atoms with Gasteiger partial charge in [-0.2, -0.15) is 0 Å². The average Bonchev–Trinajstić information content (AvgIpc) is 3.23. The molecule has 5 rings (SSSR count). The number of anilines is 2. The standard InChI is InChI=1S/C33H35ClN2/c1-4-5-32-35-30-19-16-28(22-31(30)36(32)21-20-25-10-6-23(2)7-11-25)33(26-12-8-24(3)9-13-26)27-14-17-29(34)18-15-27/h6-19,22,32-33,35H,4-5,20-21H2,1-3H3. The van der Waals surface area contributed by atoms with E-state index in [1.165, 1.54) is 44.8 Å². The highest BCUT2D eigenvalue weighted by molar-refractivity contribution is 6.30. The van der Waals surface area contributed by atoms with Crippen molar-refractivity contribution in [1.29, 1.82) is 0 Å². The van der Waals surface area contributed by atoms with E-state index in [1.807, 2.05) is 12.1 Å². The van der Waals surface area contributed by atoms with Crippen LogP contribution in [0.25, 0.3) is 0 Å². The number of halogens is 1. The van der Waals surface area contributed by atoms with E-state index in [9.17, 15) is 0 Å². The number of benzene rings is 4. The minimum absolute atomic E-state index is 0.150. The van der Waals surface area contributed by atoms with Gasteiger partial charge in [-0.3, -0.25) is 0 Å². The molecule has 0 amide bonds. The van der Waals surface area contributed by atoms with Gasteiger partial charge >= 0.3 is 0 Å². The number of fused-ring (bicyclic) bond motifs is 1. The predicted octanol–water partition coefficient (Wildman–Crippen LogP) is 8.74. The highest BCUT2D eigenvalue weighted by Gasteiger charge is 2.29. The Balaban J connectivity index is 1.51. The highest BCUT2D eigenvalue weighted by atomic mass is 35.5. The van der Waals surface area contributed by atoms with Crippen molar-refractivity contribution in [2.24, 2.45) is 0 Å². The number of rotatable bonds is 8. The monoisotopic (exact) mass is 494 g/mol. The Labute approximate surface area is 220 Å². The van der Waals surface area contributed by atoms with Crippen LogP contribution in [0, 0.1) is 13.8 Å². The van der Waals surface area contributed by atoms with Gasteiger partial charge < -0.3 is 10.2 Å². The molecule has 1 aliphatic heterocycles. The van der Waals surface area contributed by atoms with Crippen LogP contribution in [0.3, 0.4) is 0 Å². The van der Waals surface area contributed by atoms with Crippen molar-refractivity contribution < 1.29 is 0 Å². The van der Waals surface area contributed by atoms with E-state index in [2.05, 4.69) is 110 Å². The molecular formula is C33H35ClN2. The second-order valence-corrected chi connectivity index (χ2v) is 10.5. The Morgan fingerprint density at radius 2 is 1.36 bits per heavy atom. The lowest BCUT2D eigenvalue weighted by Gasteiger charge is -2.27. The Kier molecular flexibility index (Phi) is 7.34. The molecule has 0 radical (unpaired) electrons. The summed E-state index contributed by atoms with van der Waals surface area (Å²) in [6.45, 7) is 7.55. The molecule has 0 bridgehead atoms. The lowest BCUT2D eigenvalue weighted by atomic mass is 9.84. The lowest BCUT2D eigenvalue weighted by Crippen LogP contribution is -2.37. The smallest absolute Gasteiger partial charge is 0.0991 e. The van der Waals surface area contributed by atoms with E-state index in [0.29, 0.717) is 6.17 Å². The Morgan fingerprint density at radius 3 is 2.00 bits per heavy atom. The molecule has 1 aliphatic rings. The fraction of sp³-hybridized carbons (Fsp3) is 0.273. The molecule has 0 aliphatic carbocycles. The van der Waals surface area contributed by atoms with Crippen LogP contribution in [-0.4, -0.2) is 12.7 Å². The van der Waals surface area contributed by atoms with Crippen LogP contribution < -0.4 is 10.2 Å². The predicted molar refractivity (Wildman–Crippen MR) is 155 cm³/mol. The second-order valence-electron chi connectivity index (χ2n) is 10.0. The van der Waals surface area contributed by atoms with Crippen LogP contribution in [0.4, 0.5) is 11.4 Å². The molecule has 1 N–H and O–H groups in total. The summed E-state index contributed by atoms with van der Waals surface area (Å²) >= 11 is 6.25. The Morgan fingerprint density at radius 1 is 0.778 bits per heavy atom. The summed E-state index contributed by atoms with van der Waals surface area (Å²) < 4.78 is 0. The number of nitrogens with one attached hydrogen (secondary N) is 1. The molecule has 4 aromatic carbocycles. The van der Waals surface area contributed by atoms with Gasteiger partial charge in [-0.25, -0.2) is 0 Å². The largest absolute Gasteiger partial charge is 0.364 e. The first-order valence-corrected chi connectivity index (χ1v) is 13.4. The van der Waals surface area contributed by atoms with Gasteiger partial charge in [-0.05, 0) is 73.2 Å². The van der Waals surface area contributed by atoms with Crippen molar-refractivity contribution in [2.75, 3.05) is 16.8 Å². The van der Waals surface area contributed by atoms with Crippen molar-refractivity contribution in [1.82, 2.24) is 0 Å². The van der Waals surface area contributed by atoms with Crippen molar-refractivity contribution >= 4 is 23.0 Å². The van der Waals surface area contributed by atoms with Gasteiger partial charge in [0.2, 0.25) is 0 Å². The van der Waals surface area contributed by atoms with Crippen molar-refractivity contribution in [3.63, 3.8) is 0 Å². The van der Waals surface area contributed by atoms with Gasteiger partial charge in [0.15, 0.2) is 0 Å². The summed E-state index contributed by atoms with van der Waals surface area (Å²) in [5.41, 5.74) is 10.4. The topological polar surface area (TPSA) is 15.3 Å². The van der Waals surface area contributed by atoms with Gasteiger partial charge in [0.25, 0.3) is 0 Å². The maximum atomic E-state index is 6.25. The Bertz CT molecular complexity index is 1250. The van der Waals surface area contributed by atoms with E-state index < -0.39 is 0 Å². The quantitative estimate of drug-likeness (QED) is 0.246. The fourth-order valence-electron chi connectivity index (χ4n) is 5.29. The van der Waals surface area contributed by atoms with Gasteiger partial charge in [0, 0.05) is 17.5 Å². The zero-order valence-electron chi connectivity index (χ0n) is 21.5. The van der Waals surface area contributed by atoms with Gasteiger partial charge in [-0.1, -0.05) is 103 Å². The molecular weight excluding hydrogens is 460 g/mol. The fourth-order valence-corrected chi connectivity index (χ4v) is 5.41. The zero-order chi connectivity index (χ0) is 25.1. The number of aryl methyl sites for hydroxylation is 2. The third-order valence-corrected chi connectivity index (χ3v) is 7.55. The molecule has 0 saturated heterocycles. The molecule has 184 valence electrons. The highest BCUT2D eigenvalue weighted by Crippen LogP contribution is 2.41. The minimum Gasteiger partial charge on any atom is -0.364 e. The number of nitrogens with zero attached hydrogens (tertiary/aromatic N) is 1. The molecule has 4 aromatic rings. The van der Waals surface area contributed by atoms with Gasteiger partial charge in [-0.15, -0.1) is 0 Å². The molecule has 3 heteroatoms. The van der Waals surface area contributed by atoms with Crippen molar-refractivity contribution in [3.05, 3.63) is 129 Å². The lowest BCUT2D eigenvalue weighted by molar-refractivity contribution is 0.610. The number of hydrogen-bond donors (Lipinski definition) is 1. The van der Waals surface area contributed by atoms with Gasteiger partial charge in [0.05, 0.1) is 17.5 Å². The third-order valence-electron chi connectivity index (χ3n) is 7.30. The van der Waals surface area contributed by atoms with E-state index in [4.69, 9.17) is 11.6 Å². The van der Waals surface area contributed by atoms with Crippen LogP contribution >= 0.6 is 11.6 Å². The Hall–Kier alpha value is -3.23. The summed E-state index contributed by atoms with van der Waals surface area (Å²) in [6, 6.07) is 33.2. The molecule has 2 atom stereocenters. The third kappa shape index (κ3) is 5.29.